The quantitative estimate of drug-likeness (QED) is 0.0297. The number of anilines is 1. The molecule has 13 heteroatoms. The maximum absolute atomic E-state index is 13.4. The van der Waals surface area contributed by atoms with Crippen LogP contribution >= 0.6 is 11.6 Å². The summed E-state index contributed by atoms with van der Waals surface area (Å²) in [7, 11) is 3.99. The van der Waals surface area contributed by atoms with Gasteiger partial charge in [0.1, 0.15) is 18.1 Å². The molecule has 0 radical (unpaired) electrons. The van der Waals surface area contributed by atoms with Gasteiger partial charge in [-0.1, -0.05) is 35.9 Å². The average Bonchev–Trinajstić information content (AvgIpc) is 4.08. The normalized spacial score (nSPS) is 13.6. The number of nitrogens with zero attached hydrogens (tertiary/aromatic N) is 4. The van der Waals surface area contributed by atoms with Crippen molar-refractivity contribution in [3.63, 3.8) is 0 Å². The number of aryl methyl sites for hydroxylation is 1. The van der Waals surface area contributed by atoms with E-state index >= 15 is 0 Å². The van der Waals surface area contributed by atoms with Gasteiger partial charge < -0.3 is 44.6 Å². The van der Waals surface area contributed by atoms with Gasteiger partial charge in [0.05, 0.1) is 64.5 Å². The van der Waals surface area contributed by atoms with Crippen LogP contribution in [0.2, 0.25) is 5.02 Å². The molecule has 0 aromatic heterocycles. The van der Waals surface area contributed by atoms with Crippen molar-refractivity contribution in [1.82, 2.24) is 9.80 Å². The number of nitrogens with one attached hydrogen (secondary N) is 1. The SMILES string of the molecule is CNc1ccc(OCCOCCN=C/C(CCOCCOCCN(C)CCCCOc2ccc(CCC(=O)N(CC3CC3)C(C)c3ccc(Cl)cc3)cc2)=N\N)cc1. The number of unbranched alkanes of at least 4 members (excludes halogenated alkanes) is 1. The van der Waals surface area contributed by atoms with Gasteiger partial charge in [-0.3, -0.25) is 9.79 Å². The summed E-state index contributed by atoms with van der Waals surface area (Å²) < 4.78 is 28.7. The standard InChI is InChI=1S/C45H65ClN6O6/c1-36(39-11-13-40(46)14-12-39)52(35-38-6-7-38)45(53)21-10-37-8-17-43(18-9-37)57-26-5-4-24-51(3)25-29-56-31-30-54-27-22-42(50-47)34-49-23-28-55-32-33-58-44-19-15-41(48-2)16-20-44/h8-9,11-20,34,36,38,48H,4-7,10,21-33,35,47H2,1-3H3/b49-34?,50-42-. The highest BCUT2D eigenvalue weighted by molar-refractivity contribution is 6.30. The molecular weight excluding hydrogens is 756 g/mol. The number of halogens is 1. The number of ether oxygens (including phenoxy) is 5. The molecular formula is C45H65ClN6O6. The fourth-order valence-corrected chi connectivity index (χ4v) is 6.24. The molecule has 318 valence electrons. The van der Waals surface area contributed by atoms with Gasteiger partial charge in [-0.25, -0.2) is 0 Å². The predicted octanol–water partition coefficient (Wildman–Crippen LogP) is 7.31. The van der Waals surface area contributed by atoms with E-state index in [0.29, 0.717) is 95.3 Å². The molecule has 0 heterocycles. The van der Waals surface area contributed by atoms with Crippen molar-refractivity contribution in [3.05, 3.63) is 88.9 Å². The lowest BCUT2D eigenvalue weighted by Crippen LogP contribution is -2.35. The summed E-state index contributed by atoms with van der Waals surface area (Å²) in [6.07, 6.45) is 7.87. The summed E-state index contributed by atoms with van der Waals surface area (Å²) in [4.78, 5) is 22.0. The zero-order chi connectivity index (χ0) is 41.2. The van der Waals surface area contributed by atoms with E-state index in [1.54, 1.807) is 6.21 Å². The Kier molecular flexibility index (Phi) is 22.0. The summed E-state index contributed by atoms with van der Waals surface area (Å²) in [5.41, 5.74) is 3.97. The average molecular weight is 822 g/mol. The minimum atomic E-state index is 0.0268. The van der Waals surface area contributed by atoms with Gasteiger partial charge >= 0.3 is 0 Å². The van der Waals surface area contributed by atoms with E-state index in [0.717, 1.165) is 60.8 Å². The molecule has 3 aromatic rings. The van der Waals surface area contributed by atoms with Gasteiger partial charge in [0, 0.05) is 49.9 Å². The second-order valence-corrected chi connectivity index (χ2v) is 15.0. The maximum Gasteiger partial charge on any atom is 0.223 e. The maximum atomic E-state index is 13.4. The van der Waals surface area contributed by atoms with Gasteiger partial charge in [0.15, 0.2) is 0 Å². The minimum absolute atomic E-state index is 0.0268. The third kappa shape index (κ3) is 19.0. The number of benzene rings is 3. The Balaban J connectivity index is 0.944. The molecule has 1 amide bonds. The summed E-state index contributed by atoms with van der Waals surface area (Å²) in [5, 5.41) is 7.59. The van der Waals surface area contributed by atoms with Gasteiger partial charge in [0.25, 0.3) is 0 Å². The molecule has 0 saturated heterocycles. The number of hydrogen-bond donors (Lipinski definition) is 2. The zero-order valence-corrected chi connectivity index (χ0v) is 35.5. The van der Waals surface area contributed by atoms with Gasteiger partial charge in [-0.15, -0.1) is 0 Å². The van der Waals surface area contributed by atoms with E-state index in [9.17, 15) is 4.79 Å². The highest BCUT2D eigenvalue weighted by Crippen LogP contribution is 2.33. The Labute approximate surface area is 351 Å². The van der Waals surface area contributed by atoms with Gasteiger partial charge in [-0.2, -0.15) is 5.10 Å². The summed E-state index contributed by atoms with van der Waals surface area (Å²) in [6.45, 7) is 9.58. The molecule has 3 aromatic carbocycles. The third-order valence-corrected chi connectivity index (χ3v) is 10.2. The first-order valence-electron chi connectivity index (χ1n) is 20.7. The van der Waals surface area contributed by atoms with Crippen molar-refractivity contribution < 1.29 is 28.5 Å². The van der Waals surface area contributed by atoms with Crippen molar-refractivity contribution in [2.75, 3.05) is 98.4 Å². The third-order valence-electron chi connectivity index (χ3n) is 9.95. The molecule has 1 saturated carbocycles. The highest BCUT2D eigenvalue weighted by atomic mass is 35.5. The van der Waals surface area contributed by atoms with Crippen molar-refractivity contribution in [1.29, 1.82) is 0 Å². The van der Waals surface area contributed by atoms with E-state index in [1.807, 2.05) is 67.7 Å². The Morgan fingerprint density at radius 1 is 0.828 bits per heavy atom. The Hall–Kier alpha value is -4.20. The Bertz CT molecular complexity index is 1620. The van der Waals surface area contributed by atoms with Crippen LogP contribution in [0, 0.1) is 5.92 Å². The lowest BCUT2D eigenvalue weighted by atomic mass is 10.0. The van der Waals surface area contributed by atoms with Crippen LogP contribution in [0.25, 0.3) is 0 Å². The smallest absolute Gasteiger partial charge is 0.223 e. The predicted molar refractivity (Wildman–Crippen MR) is 235 cm³/mol. The first-order valence-corrected chi connectivity index (χ1v) is 21.1. The van der Waals surface area contributed by atoms with Crippen LogP contribution < -0.4 is 20.6 Å². The van der Waals surface area contributed by atoms with E-state index in [-0.39, 0.29) is 11.9 Å². The molecule has 58 heavy (non-hydrogen) atoms. The Morgan fingerprint density at radius 3 is 2.17 bits per heavy atom. The highest BCUT2D eigenvalue weighted by Gasteiger charge is 2.30. The van der Waals surface area contributed by atoms with E-state index < -0.39 is 0 Å². The fraction of sp³-hybridized carbons (Fsp3) is 0.533. The first-order chi connectivity index (χ1) is 28.3. The molecule has 1 aliphatic rings. The molecule has 0 spiro atoms. The summed E-state index contributed by atoms with van der Waals surface area (Å²) >= 11 is 6.10. The van der Waals surface area contributed by atoms with E-state index in [1.165, 1.54) is 12.8 Å². The van der Waals surface area contributed by atoms with Crippen molar-refractivity contribution in [3.8, 4) is 11.5 Å². The Morgan fingerprint density at radius 2 is 1.48 bits per heavy atom. The number of hydrazone groups is 1. The lowest BCUT2D eigenvalue weighted by molar-refractivity contribution is -0.133. The van der Waals surface area contributed by atoms with Gasteiger partial charge in [-0.05, 0) is 118 Å². The molecule has 1 aliphatic carbocycles. The molecule has 3 N–H and O–H groups in total. The van der Waals surface area contributed by atoms with Crippen LogP contribution in [0.3, 0.4) is 0 Å². The second kappa shape index (κ2) is 27.5. The van der Waals surface area contributed by atoms with E-state index in [4.69, 9.17) is 41.1 Å². The number of carbonyl (C=O) groups is 1. The number of likely N-dealkylation sites (N-methyl/N-ethyl adjacent to an activating group) is 1. The van der Waals surface area contributed by atoms with Crippen molar-refractivity contribution >= 4 is 35.1 Å². The summed E-state index contributed by atoms with van der Waals surface area (Å²) in [6, 6.07) is 23.8. The van der Waals surface area contributed by atoms with Crippen molar-refractivity contribution in [2.24, 2.45) is 21.9 Å². The number of carbonyl (C=O) groups excluding carboxylic acids is 1. The zero-order valence-electron chi connectivity index (χ0n) is 34.8. The molecule has 0 aliphatic heterocycles. The molecule has 1 unspecified atom stereocenters. The number of amides is 1. The summed E-state index contributed by atoms with van der Waals surface area (Å²) in [5.74, 6) is 8.01. The number of hydrogen-bond acceptors (Lipinski definition) is 11. The van der Waals surface area contributed by atoms with E-state index in [2.05, 4.69) is 51.3 Å². The van der Waals surface area contributed by atoms with Crippen LogP contribution in [0.1, 0.15) is 62.6 Å². The van der Waals surface area contributed by atoms with Crippen LogP contribution in [-0.4, -0.2) is 121 Å². The molecule has 4 rings (SSSR count). The first kappa shape index (κ1) is 46.5. The van der Waals surface area contributed by atoms with Crippen molar-refractivity contribution in [2.45, 2.75) is 57.9 Å². The van der Waals surface area contributed by atoms with Crippen LogP contribution in [0.5, 0.6) is 11.5 Å². The van der Waals surface area contributed by atoms with Gasteiger partial charge in [0.2, 0.25) is 5.91 Å². The fourth-order valence-electron chi connectivity index (χ4n) is 6.12. The van der Waals surface area contributed by atoms with Crippen LogP contribution in [-0.2, 0) is 25.4 Å². The van der Waals surface area contributed by atoms with Crippen LogP contribution in [0.15, 0.2) is 82.9 Å². The number of rotatable bonds is 31. The lowest BCUT2D eigenvalue weighted by Gasteiger charge is -2.30. The molecule has 0 bridgehead atoms. The topological polar surface area (TPSA) is 132 Å². The second-order valence-electron chi connectivity index (χ2n) is 14.6. The number of nitrogens with two attached hydrogens (primary N) is 1. The number of aliphatic imine (C=N–C) groups is 1. The monoisotopic (exact) mass is 820 g/mol. The molecule has 1 atom stereocenters. The van der Waals surface area contributed by atoms with Crippen LogP contribution in [0.4, 0.5) is 5.69 Å². The molecule has 12 nitrogen and oxygen atoms in total. The minimum Gasteiger partial charge on any atom is -0.494 e. The molecule has 1 fully saturated rings. The largest absolute Gasteiger partial charge is 0.494 e.